The number of rotatable bonds is 5. The molecule has 0 spiro atoms. The number of aryl methyl sites for hydroxylation is 2. The number of thiazole rings is 1. The summed E-state index contributed by atoms with van der Waals surface area (Å²) < 4.78 is 5.78. The van der Waals surface area contributed by atoms with E-state index in [2.05, 4.69) is 11.9 Å². The Bertz CT molecular complexity index is 549. The Balaban J connectivity index is 2.03. The number of aliphatic hydroxyl groups is 1. The van der Waals surface area contributed by atoms with Gasteiger partial charge in [0.05, 0.1) is 16.8 Å². The van der Waals surface area contributed by atoms with Crippen LogP contribution in [0.1, 0.15) is 41.8 Å². The monoisotopic (exact) mass is 277 g/mol. The summed E-state index contributed by atoms with van der Waals surface area (Å²) >= 11 is 1.67. The third-order valence-electron chi connectivity index (χ3n) is 2.96. The Morgan fingerprint density at radius 2 is 2.21 bits per heavy atom. The van der Waals surface area contributed by atoms with Gasteiger partial charge in [0.15, 0.2) is 0 Å². The fourth-order valence-corrected chi connectivity index (χ4v) is 2.55. The molecule has 4 heteroatoms. The number of aromatic nitrogens is 1. The molecule has 19 heavy (non-hydrogen) atoms. The van der Waals surface area contributed by atoms with Gasteiger partial charge in [-0.2, -0.15) is 0 Å². The maximum Gasteiger partial charge on any atom is 0.131 e. The van der Waals surface area contributed by atoms with Crippen LogP contribution in [-0.2, 0) is 13.0 Å². The molecule has 0 saturated heterocycles. The zero-order valence-electron chi connectivity index (χ0n) is 11.5. The molecule has 102 valence electrons. The van der Waals surface area contributed by atoms with E-state index in [0.717, 1.165) is 34.0 Å². The van der Waals surface area contributed by atoms with Crippen LogP contribution in [0.3, 0.4) is 0 Å². The molecule has 0 radical (unpaired) electrons. The number of ether oxygens (including phenoxy) is 1. The third kappa shape index (κ3) is 3.55. The van der Waals surface area contributed by atoms with E-state index < -0.39 is 6.10 Å². The minimum atomic E-state index is -0.446. The van der Waals surface area contributed by atoms with Gasteiger partial charge in [-0.05, 0) is 43.5 Å². The highest BCUT2D eigenvalue weighted by Crippen LogP contribution is 2.23. The van der Waals surface area contributed by atoms with Crippen molar-refractivity contribution in [1.29, 1.82) is 0 Å². The van der Waals surface area contributed by atoms with Gasteiger partial charge in [0.25, 0.3) is 0 Å². The van der Waals surface area contributed by atoms with Crippen LogP contribution in [0.5, 0.6) is 5.75 Å². The molecule has 0 amide bonds. The van der Waals surface area contributed by atoms with Crippen LogP contribution in [-0.4, -0.2) is 10.1 Å². The summed E-state index contributed by atoms with van der Waals surface area (Å²) in [6, 6.07) is 5.76. The maximum absolute atomic E-state index is 9.53. The van der Waals surface area contributed by atoms with Crippen molar-refractivity contribution in [2.24, 2.45) is 0 Å². The SMILES string of the molecule is CCc1nc(COc2ccc([C@@H](C)O)cc2C)cs1. The van der Waals surface area contributed by atoms with Crippen molar-refractivity contribution in [1.82, 2.24) is 4.98 Å². The summed E-state index contributed by atoms with van der Waals surface area (Å²) in [7, 11) is 0. The Labute approximate surface area is 117 Å². The van der Waals surface area contributed by atoms with Crippen molar-refractivity contribution in [2.45, 2.75) is 39.9 Å². The maximum atomic E-state index is 9.53. The highest BCUT2D eigenvalue weighted by atomic mass is 32.1. The van der Waals surface area contributed by atoms with Gasteiger partial charge in [-0.25, -0.2) is 4.98 Å². The van der Waals surface area contributed by atoms with E-state index >= 15 is 0 Å². The predicted octanol–water partition coefficient (Wildman–Crippen LogP) is 3.65. The van der Waals surface area contributed by atoms with E-state index in [0.29, 0.717) is 6.61 Å². The van der Waals surface area contributed by atoms with E-state index in [1.165, 1.54) is 0 Å². The average Bonchev–Trinajstić information content (AvgIpc) is 2.85. The molecule has 3 nitrogen and oxygen atoms in total. The summed E-state index contributed by atoms with van der Waals surface area (Å²) in [5.74, 6) is 0.843. The highest BCUT2D eigenvalue weighted by molar-refractivity contribution is 7.09. The Kier molecular flexibility index (Phi) is 4.56. The lowest BCUT2D eigenvalue weighted by Gasteiger charge is -2.11. The van der Waals surface area contributed by atoms with E-state index in [1.54, 1.807) is 18.3 Å². The number of benzene rings is 1. The first-order valence-electron chi connectivity index (χ1n) is 6.44. The van der Waals surface area contributed by atoms with Crippen LogP contribution < -0.4 is 4.74 Å². The summed E-state index contributed by atoms with van der Waals surface area (Å²) in [6.45, 7) is 6.34. The zero-order chi connectivity index (χ0) is 13.8. The highest BCUT2D eigenvalue weighted by Gasteiger charge is 2.06. The van der Waals surface area contributed by atoms with Gasteiger partial charge in [0, 0.05) is 5.38 Å². The molecule has 0 aliphatic rings. The zero-order valence-corrected chi connectivity index (χ0v) is 12.3. The molecule has 0 saturated carbocycles. The van der Waals surface area contributed by atoms with Gasteiger partial charge in [-0.1, -0.05) is 13.0 Å². The molecule has 1 aromatic heterocycles. The Morgan fingerprint density at radius 1 is 1.42 bits per heavy atom. The minimum Gasteiger partial charge on any atom is -0.487 e. The molecule has 0 bridgehead atoms. The number of nitrogens with zero attached hydrogens (tertiary/aromatic N) is 1. The molecule has 2 aromatic rings. The summed E-state index contributed by atoms with van der Waals surface area (Å²) in [5, 5.41) is 12.7. The van der Waals surface area contributed by atoms with Crippen LogP contribution in [0.15, 0.2) is 23.6 Å². The molecule has 1 atom stereocenters. The third-order valence-corrected chi connectivity index (χ3v) is 4.00. The number of aliphatic hydroxyl groups excluding tert-OH is 1. The van der Waals surface area contributed by atoms with Crippen molar-refractivity contribution < 1.29 is 9.84 Å². The van der Waals surface area contributed by atoms with Gasteiger partial charge in [0.2, 0.25) is 0 Å². The quantitative estimate of drug-likeness (QED) is 0.907. The molecule has 0 unspecified atom stereocenters. The second-order valence-electron chi connectivity index (χ2n) is 4.58. The van der Waals surface area contributed by atoms with Gasteiger partial charge >= 0.3 is 0 Å². The second kappa shape index (κ2) is 6.17. The summed E-state index contributed by atoms with van der Waals surface area (Å²) in [6.07, 6.45) is 0.519. The molecule has 1 aromatic carbocycles. The van der Waals surface area contributed by atoms with E-state index in [-0.39, 0.29) is 0 Å². The lowest BCUT2D eigenvalue weighted by Crippen LogP contribution is -1.99. The fourth-order valence-electron chi connectivity index (χ4n) is 1.82. The first-order chi connectivity index (χ1) is 9.10. The Hall–Kier alpha value is -1.39. The van der Waals surface area contributed by atoms with E-state index in [1.807, 2.05) is 30.5 Å². The van der Waals surface area contributed by atoms with Crippen molar-refractivity contribution in [2.75, 3.05) is 0 Å². The van der Waals surface area contributed by atoms with Crippen LogP contribution in [0.4, 0.5) is 0 Å². The molecular weight excluding hydrogens is 258 g/mol. The Morgan fingerprint density at radius 3 is 2.79 bits per heavy atom. The van der Waals surface area contributed by atoms with Gasteiger partial charge in [-0.3, -0.25) is 0 Å². The smallest absolute Gasteiger partial charge is 0.131 e. The first-order valence-corrected chi connectivity index (χ1v) is 7.32. The minimum absolute atomic E-state index is 0.446. The van der Waals surface area contributed by atoms with Crippen LogP contribution in [0.2, 0.25) is 0 Å². The molecule has 0 aliphatic heterocycles. The number of hydrogen-bond donors (Lipinski definition) is 1. The topological polar surface area (TPSA) is 42.4 Å². The summed E-state index contributed by atoms with van der Waals surface area (Å²) in [4.78, 5) is 4.47. The molecule has 0 fully saturated rings. The van der Waals surface area contributed by atoms with E-state index in [4.69, 9.17) is 4.74 Å². The average molecular weight is 277 g/mol. The first kappa shape index (κ1) is 14.0. The molecule has 1 heterocycles. The second-order valence-corrected chi connectivity index (χ2v) is 5.52. The van der Waals surface area contributed by atoms with Crippen LogP contribution >= 0.6 is 11.3 Å². The number of hydrogen-bond acceptors (Lipinski definition) is 4. The lowest BCUT2D eigenvalue weighted by molar-refractivity contribution is 0.199. The normalized spacial score (nSPS) is 12.4. The largest absolute Gasteiger partial charge is 0.487 e. The van der Waals surface area contributed by atoms with E-state index in [9.17, 15) is 5.11 Å². The van der Waals surface area contributed by atoms with Crippen LogP contribution in [0, 0.1) is 6.92 Å². The van der Waals surface area contributed by atoms with Crippen molar-refractivity contribution in [3.8, 4) is 5.75 Å². The van der Waals surface area contributed by atoms with Gasteiger partial charge in [0.1, 0.15) is 12.4 Å². The van der Waals surface area contributed by atoms with Gasteiger partial charge < -0.3 is 9.84 Å². The molecule has 0 aliphatic carbocycles. The lowest BCUT2D eigenvalue weighted by atomic mass is 10.1. The molecule has 1 N–H and O–H groups in total. The molecule has 2 rings (SSSR count). The van der Waals surface area contributed by atoms with Crippen molar-refractivity contribution >= 4 is 11.3 Å². The summed E-state index contributed by atoms with van der Waals surface area (Å²) in [5.41, 5.74) is 2.91. The standard InChI is InChI=1S/C15H19NO2S/c1-4-15-16-13(9-19-15)8-18-14-6-5-12(11(3)17)7-10(14)2/h5-7,9,11,17H,4,8H2,1-3H3/t11-/m1/s1. The van der Waals surface area contributed by atoms with Gasteiger partial charge in [-0.15, -0.1) is 11.3 Å². The predicted molar refractivity (Wildman–Crippen MR) is 77.6 cm³/mol. The van der Waals surface area contributed by atoms with Crippen molar-refractivity contribution in [3.63, 3.8) is 0 Å². The molecular formula is C15H19NO2S. The van der Waals surface area contributed by atoms with Crippen molar-refractivity contribution in [3.05, 3.63) is 45.4 Å². The fraction of sp³-hybridized carbons (Fsp3) is 0.400. The van der Waals surface area contributed by atoms with Crippen LogP contribution in [0.25, 0.3) is 0 Å².